The number of esters is 1. The maximum Gasteiger partial charge on any atom is 0.338 e. The molecule has 0 heterocycles. The van der Waals surface area contributed by atoms with Crippen LogP contribution in [0.5, 0.6) is 0 Å². The van der Waals surface area contributed by atoms with Crippen molar-refractivity contribution in [3.05, 3.63) is 0 Å². The van der Waals surface area contributed by atoms with Gasteiger partial charge in [-0.25, -0.2) is 4.79 Å². The lowest BCUT2D eigenvalue weighted by Gasteiger charge is -2.23. The van der Waals surface area contributed by atoms with Crippen molar-refractivity contribution in [1.82, 2.24) is 5.32 Å². The number of aliphatic hydroxyl groups is 2. The highest BCUT2D eigenvalue weighted by molar-refractivity contribution is 5.78. The van der Waals surface area contributed by atoms with Crippen LogP contribution in [-0.2, 0) is 9.53 Å². The van der Waals surface area contributed by atoms with E-state index in [1.54, 1.807) is 0 Å². The fraction of sp³-hybridized carbons (Fsp3) is 0.889. The van der Waals surface area contributed by atoms with Gasteiger partial charge in [-0.2, -0.15) is 0 Å². The Morgan fingerprint density at radius 2 is 2.21 bits per heavy atom. The van der Waals surface area contributed by atoms with Crippen LogP contribution in [0.2, 0.25) is 0 Å². The van der Waals surface area contributed by atoms with Gasteiger partial charge in [-0.3, -0.25) is 0 Å². The van der Waals surface area contributed by atoms with E-state index in [1.165, 1.54) is 14.0 Å². The first-order chi connectivity index (χ1) is 6.47. The fourth-order valence-electron chi connectivity index (χ4n) is 0.973. The average Bonchev–Trinajstić information content (AvgIpc) is 2.18. The van der Waals surface area contributed by atoms with Gasteiger partial charge in [0.2, 0.25) is 0 Å². The number of carbonyl (C=O) groups excluding carboxylic acids is 1. The molecule has 0 aliphatic heterocycles. The molecule has 14 heavy (non-hydrogen) atoms. The van der Waals surface area contributed by atoms with E-state index < -0.39 is 11.6 Å². The van der Waals surface area contributed by atoms with E-state index in [4.69, 9.17) is 5.11 Å². The van der Waals surface area contributed by atoms with Gasteiger partial charge in [0.05, 0.1) is 13.7 Å². The Hall–Kier alpha value is -0.650. The summed E-state index contributed by atoms with van der Waals surface area (Å²) in [7, 11) is 1.22. The minimum absolute atomic E-state index is 0.0201. The molecule has 0 radical (unpaired) electrons. The van der Waals surface area contributed by atoms with Crippen LogP contribution in [0.25, 0.3) is 0 Å². The molecule has 0 aromatic rings. The minimum atomic E-state index is -1.54. The Morgan fingerprint density at radius 3 is 2.57 bits per heavy atom. The third-order valence-corrected chi connectivity index (χ3v) is 2.07. The molecule has 0 aliphatic rings. The highest BCUT2D eigenvalue weighted by Gasteiger charge is 2.31. The molecule has 2 atom stereocenters. The molecule has 0 saturated carbocycles. The van der Waals surface area contributed by atoms with Crippen LogP contribution in [0.4, 0.5) is 0 Å². The molecule has 0 rings (SSSR count). The maximum absolute atomic E-state index is 11.0. The van der Waals surface area contributed by atoms with Gasteiger partial charge in [-0.15, -0.1) is 0 Å². The highest BCUT2D eigenvalue weighted by atomic mass is 16.5. The first-order valence-corrected chi connectivity index (χ1v) is 4.63. The zero-order valence-corrected chi connectivity index (χ0v) is 8.91. The highest BCUT2D eigenvalue weighted by Crippen LogP contribution is 2.04. The number of hydrogen-bond acceptors (Lipinski definition) is 5. The quantitative estimate of drug-likeness (QED) is 0.498. The van der Waals surface area contributed by atoms with Crippen molar-refractivity contribution in [3.63, 3.8) is 0 Å². The summed E-state index contributed by atoms with van der Waals surface area (Å²) in [5, 5.41) is 21.3. The summed E-state index contributed by atoms with van der Waals surface area (Å²) in [4.78, 5) is 11.0. The van der Waals surface area contributed by atoms with Crippen molar-refractivity contribution in [2.24, 2.45) is 0 Å². The van der Waals surface area contributed by atoms with Crippen molar-refractivity contribution in [1.29, 1.82) is 0 Å². The molecule has 0 bridgehead atoms. The van der Waals surface area contributed by atoms with Gasteiger partial charge in [0, 0.05) is 12.6 Å². The monoisotopic (exact) mass is 205 g/mol. The summed E-state index contributed by atoms with van der Waals surface area (Å²) in [5.74, 6) is -0.683. The summed E-state index contributed by atoms with van der Waals surface area (Å²) in [6.07, 6.45) is 0.730. The smallest absolute Gasteiger partial charge is 0.338 e. The lowest BCUT2D eigenvalue weighted by molar-refractivity contribution is -0.160. The number of carbonyl (C=O) groups is 1. The van der Waals surface area contributed by atoms with E-state index in [1.807, 2.05) is 6.92 Å². The normalized spacial score (nSPS) is 17.2. The summed E-state index contributed by atoms with van der Waals surface area (Å²) < 4.78 is 4.42. The predicted molar refractivity (Wildman–Crippen MR) is 51.8 cm³/mol. The van der Waals surface area contributed by atoms with Crippen LogP contribution < -0.4 is 5.32 Å². The lowest BCUT2D eigenvalue weighted by atomic mass is 10.1. The Morgan fingerprint density at radius 1 is 1.64 bits per heavy atom. The van der Waals surface area contributed by atoms with Gasteiger partial charge < -0.3 is 20.3 Å². The molecule has 0 fully saturated rings. The van der Waals surface area contributed by atoms with E-state index >= 15 is 0 Å². The fourth-order valence-corrected chi connectivity index (χ4v) is 0.973. The first kappa shape index (κ1) is 13.4. The second kappa shape index (κ2) is 5.95. The summed E-state index contributed by atoms with van der Waals surface area (Å²) in [5.41, 5.74) is -1.54. The summed E-state index contributed by atoms with van der Waals surface area (Å²) in [6.45, 7) is 3.32. The molecule has 2 unspecified atom stereocenters. The zero-order chi connectivity index (χ0) is 11.2. The van der Waals surface area contributed by atoms with Crippen LogP contribution in [-0.4, -0.2) is 48.1 Å². The Labute approximate surface area is 84.1 Å². The van der Waals surface area contributed by atoms with Crippen LogP contribution in [0, 0.1) is 0 Å². The minimum Gasteiger partial charge on any atom is -0.467 e. The Balaban J connectivity index is 4.03. The average molecular weight is 205 g/mol. The molecule has 3 N–H and O–H groups in total. The first-order valence-electron chi connectivity index (χ1n) is 4.63. The SMILES string of the molecule is CCC(CO)NCC(C)(O)C(=O)OC. The van der Waals surface area contributed by atoms with E-state index in [0.717, 1.165) is 6.42 Å². The largest absolute Gasteiger partial charge is 0.467 e. The number of rotatable bonds is 6. The summed E-state index contributed by atoms with van der Waals surface area (Å²) >= 11 is 0. The number of hydrogen-bond donors (Lipinski definition) is 3. The standard InChI is InChI=1S/C9H19NO4/c1-4-7(5-11)10-6-9(2,13)8(12)14-3/h7,10-11,13H,4-6H2,1-3H3. The molecule has 5 nitrogen and oxygen atoms in total. The maximum atomic E-state index is 11.0. The van der Waals surface area contributed by atoms with Crippen molar-refractivity contribution in [2.45, 2.75) is 31.9 Å². The van der Waals surface area contributed by atoms with Crippen molar-refractivity contribution < 1.29 is 19.7 Å². The zero-order valence-electron chi connectivity index (χ0n) is 8.91. The van der Waals surface area contributed by atoms with Gasteiger partial charge in [-0.05, 0) is 13.3 Å². The van der Waals surface area contributed by atoms with E-state index in [-0.39, 0.29) is 19.2 Å². The molecule has 84 valence electrons. The molecule has 0 aliphatic carbocycles. The molecule has 0 saturated heterocycles. The van der Waals surface area contributed by atoms with Gasteiger partial charge in [0.15, 0.2) is 5.60 Å². The number of aliphatic hydroxyl groups excluding tert-OH is 1. The van der Waals surface area contributed by atoms with Crippen molar-refractivity contribution >= 4 is 5.97 Å². The van der Waals surface area contributed by atoms with Crippen LogP contribution in [0.3, 0.4) is 0 Å². The number of nitrogens with one attached hydrogen (secondary N) is 1. The molecule has 5 heteroatoms. The van der Waals surface area contributed by atoms with Crippen LogP contribution in [0.1, 0.15) is 20.3 Å². The third kappa shape index (κ3) is 4.04. The molecule has 0 aromatic heterocycles. The second-order valence-electron chi connectivity index (χ2n) is 3.43. The van der Waals surface area contributed by atoms with Crippen LogP contribution >= 0.6 is 0 Å². The molecule has 0 amide bonds. The second-order valence-corrected chi connectivity index (χ2v) is 3.43. The molecular weight excluding hydrogens is 186 g/mol. The predicted octanol–water partition coefficient (Wildman–Crippen LogP) is -0.729. The van der Waals surface area contributed by atoms with E-state index in [2.05, 4.69) is 10.1 Å². The van der Waals surface area contributed by atoms with E-state index in [0.29, 0.717) is 0 Å². The van der Waals surface area contributed by atoms with Gasteiger partial charge >= 0.3 is 5.97 Å². The lowest BCUT2D eigenvalue weighted by Crippen LogP contribution is -2.49. The number of ether oxygens (including phenoxy) is 1. The van der Waals surface area contributed by atoms with Crippen molar-refractivity contribution in [2.75, 3.05) is 20.3 Å². The summed E-state index contributed by atoms with van der Waals surface area (Å²) in [6, 6.07) is -0.105. The molecule has 0 spiro atoms. The van der Waals surface area contributed by atoms with Crippen LogP contribution in [0.15, 0.2) is 0 Å². The van der Waals surface area contributed by atoms with Crippen molar-refractivity contribution in [3.8, 4) is 0 Å². The van der Waals surface area contributed by atoms with E-state index in [9.17, 15) is 9.90 Å². The Kier molecular flexibility index (Phi) is 5.68. The Bertz CT molecular complexity index is 178. The third-order valence-electron chi connectivity index (χ3n) is 2.07. The van der Waals surface area contributed by atoms with Gasteiger partial charge in [0.25, 0.3) is 0 Å². The molecular formula is C9H19NO4. The topological polar surface area (TPSA) is 78.8 Å². The van der Waals surface area contributed by atoms with Gasteiger partial charge in [0.1, 0.15) is 0 Å². The number of methoxy groups -OCH3 is 1. The molecule has 0 aromatic carbocycles. The van der Waals surface area contributed by atoms with Gasteiger partial charge in [-0.1, -0.05) is 6.92 Å².